The van der Waals surface area contributed by atoms with Gasteiger partial charge >= 0.3 is 5.97 Å². The summed E-state index contributed by atoms with van der Waals surface area (Å²) in [7, 11) is 0. The van der Waals surface area contributed by atoms with Crippen molar-refractivity contribution >= 4 is 28.9 Å². The number of aromatic amines is 1. The highest BCUT2D eigenvalue weighted by atomic mass is 16.5. The molecule has 154 valence electrons. The van der Waals surface area contributed by atoms with E-state index in [2.05, 4.69) is 11.9 Å². The molecule has 1 heterocycles. The van der Waals surface area contributed by atoms with Crippen molar-refractivity contribution in [3.63, 3.8) is 0 Å². The molecule has 4 aromatic rings. The Kier molecular flexibility index (Phi) is 5.76. The second kappa shape index (κ2) is 8.79. The van der Waals surface area contributed by atoms with Crippen LogP contribution in [-0.4, -0.2) is 23.0 Å². The lowest BCUT2D eigenvalue weighted by molar-refractivity contribution is 0.0280. The summed E-state index contributed by atoms with van der Waals surface area (Å²) >= 11 is 0. The van der Waals surface area contributed by atoms with Crippen LogP contribution < -0.4 is 0 Å². The molecule has 4 rings (SSSR count). The van der Waals surface area contributed by atoms with Gasteiger partial charge in [-0.3, -0.25) is 9.59 Å². The zero-order valence-electron chi connectivity index (χ0n) is 17.0. The molecule has 0 fully saturated rings. The van der Waals surface area contributed by atoms with E-state index in [1.54, 1.807) is 30.5 Å². The highest BCUT2D eigenvalue weighted by molar-refractivity contribution is 6.11. The summed E-state index contributed by atoms with van der Waals surface area (Å²) in [5.74, 6) is -0.933. The smallest absolute Gasteiger partial charge is 0.339 e. The number of aryl methyl sites for hydroxylation is 1. The largest absolute Gasteiger partial charge is 0.445 e. The Morgan fingerprint density at radius 2 is 1.71 bits per heavy atom. The van der Waals surface area contributed by atoms with Gasteiger partial charge in [0.05, 0.1) is 5.56 Å². The third-order valence-electron chi connectivity index (χ3n) is 5.30. The number of aromatic nitrogens is 1. The monoisotopic (exact) mass is 411 g/mol. The van der Waals surface area contributed by atoms with E-state index >= 15 is 0 Å². The Morgan fingerprint density at radius 1 is 0.968 bits per heavy atom. The zero-order valence-corrected chi connectivity index (χ0v) is 17.0. The molecular formula is C26H21NO4. The quantitative estimate of drug-likeness (QED) is 0.254. The van der Waals surface area contributed by atoms with Crippen molar-refractivity contribution in [2.45, 2.75) is 19.4 Å². The molecule has 1 aromatic heterocycles. The first-order valence-corrected chi connectivity index (χ1v) is 10.1. The molecule has 0 aliphatic heterocycles. The van der Waals surface area contributed by atoms with E-state index in [1.165, 1.54) is 24.3 Å². The number of ketones is 1. The predicted molar refractivity (Wildman–Crippen MR) is 118 cm³/mol. The summed E-state index contributed by atoms with van der Waals surface area (Å²) < 4.78 is 5.70. The topological polar surface area (TPSA) is 76.2 Å². The number of ether oxygens (including phenoxy) is 1. The highest BCUT2D eigenvalue weighted by Gasteiger charge is 2.28. The van der Waals surface area contributed by atoms with Crippen LogP contribution in [0.25, 0.3) is 10.9 Å². The molecule has 0 saturated heterocycles. The molecule has 0 unspecified atom stereocenters. The summed E-state index contributed by atoms with van der Waals surface area (Å²) in [6.45, 7) is 2.06. The van der Waals surface area contributed by atoms with Crippen LogP contribution in [0.1, 0.15) is 55.2 Å². The summed E-state index contributed by atoms with van der Waals surface area (Å²) in [5, 5.41) is 0.802. The van der Waals surface area contributed by atoms with Crippen molar-refractivity contribution in [3.05, 3.63) is 107 Å². The second-order valence-electron chi connectivity index (χ2n) is 7.20. The average Bonchev–Trinajstić information content (AvgIpc) is 3.27. The van der Waals surface area contributed by atoms with E-state index in [0.717, 1.165) is 22.9 Å². The van der Waals surface area contributed by atoms with Crippen LogP contribution in [0.15, 0.2) is 79.0 Å². The van der Waals surface area contributed by atoms with E-state index in [0.29, 0.717) is 23.0 Å². The molecule has 0 saturated carbocycles. The van der Waals surface area contributed by atoms with Gasteiger partial charge < -0.3 is 9.72 Å². The molecule has 3 aromatic carbocycles. The normalized spacial score (nSPS) is 11.8. The van der Waals surface area contributed by atoms with E-state index in [-0.39, 0.29) is 11.3 Å². The maximum atomic E-state index is 13.5. The number of rotatable bonds is 7. The number of aldehydes is 1. The molecule has 0 aliphatic rings. The Hall–Kier alpha value is -3.99. The minimum atomic E-state index is -1.09. The standard InChI is InChI=1S/C26H21NO4/c1-2-18-9-6-10-21-22(15-27-23(18)21)24(29)25(19-7-4-3-5-8-19)31-26(30)20-13-11-17(16-28)12-14-20/h3-16,25,27H,2H2,1H3/t25-/m1/s1. The van der Waals surface area contributed by atoms with Crippen LogP contribution in [-0.2, 0) is 11.2 Å². The van der Waals surface area contributed by atoms with E-state index in [9.17, 15) is 14.4 Å². The van der Waals surface area contributed by atoms with Crippen molar-refractivity contribution < 1.29 is 19.1 Å². The Morgan fingerprint density at radius 3 is 2.39 bits per heavy atom. The van der Waals surface area contributed by atoms with Crippen molar-refractivity contribution in [2.24, 2.45) is 0 Å². The number of para-hydroxylation sites is 1. The number of hydrogen-bond acceptors (Lipinski definition) is 4. The van der Waals surface area contributed by atoms with E-state index in [1.807, 2.05) is 24.3 Å². The first kappa shape index (κ1) is 20.3. The highest BCUT2D eigenvalue weighted by Crippen LogP contribution is 2.29. The Bertz CT molecular complexity index is 1240. The molecule has 31 heavy (non-hydrogen) atoms. The molecule has 0 bridgehead atoms. The maximum absolute atomic E-state index is 13.5. The van der Waals surface area contributed by atoms with Gasteiger partial charge in [-0.15, -0.1) is 0 Å². The van der Waals surface area contributed by atoms with Crippen molar-refractivity contribution in [2.75, 3.05) is 0 Å². The van der Waals surface area contributed by atoms with Gasteiger partial charge in [0, 0.05) is 33.8 Å². The molecule has 1 N–H and O–H groups in total. The van der Waals surface area contributed by atoms with Crippen LogP contribution >= 0.6 is 0 Å². The number of carbonyl (C=O) groups is 3. The van der Waals surface area contributed by atoms with E-state index < -0.39 is 12.1 Å². The van der Waals surface area contributed by atoms with Crippen LogP contribution in [0.2, 0.25) is 0 Å². The lowest BCUT2D eigenvalue weighted by Crippen LogP contribution is -2.20. The van der Waals surface area contributed by atoms with Crippen LogP contribution in [0.5, 0.6) is 0 Å². The molecule has 5 nitrogen and oxygen atoms in total. The first-order valence-electron chi connectivity index (χ1n) is 10.1. The number of H-pyrrole nitrogens is 1. The molecule has 1 atom stereocenters. The molecule has 0 aliphatic carbocycles. The van der Waals surface area contributed by atoms with Gasteiger partial charge in [0.15, 0.2) is 6.10 Å². The van der Waals surface area contributed by atoms with Crippen LogP contribution in [0.4, 0.5) is 0 Å². The van der Waals surface area contributed by atoms with Gasteiger partial charge in [-0.2, -0.15) is 0 Å². The minimum Gasteiger partial charge on any atom is -0.445 e. The molecule has 0 amide bonds. The van der Waals surface area contributed by atoms with Crippen LogP contribution in [0, 0.1) is 0 Å². The van der Waals surface area contributed by atoms with Gasteiger partial charge in [-0.1, -0.05) is 67.6 Å². The van der Waals surface area contributed by atoms with Gasteiger partial charge in [0.25, 0.3) is 0 Å². The van der Waals surface area contributed by atoms with Gasteiger partial charge in [0.2, 0.25) is 5.78 Å². The number of fused-ring (bicyclic) bond motifs is 1. The molecule has 0 radical (unpaired) electrons. The number of hydrogen-bond donors (Lipinski definition) is 1. The second-order valence-corrected chi connectivity index (χ2v) is 7.20. The first-order chi connectivity index (χ1) is 15.1. The van der Waals surface area contributed by atoms with Gasteiger partial charge in [-0.05, 0) is 24.1 Å². The summed E-state index contributed by atoms with van der Waals surface area (Å²) in [6, 6.07) is 20.9. The third-order valence-corrected chi connectivity index (χ3v) is 5.30. The number of carbonyl (C=O) groups excluding carboxylic acids is 3. The van der Waals surface area contributed by atoms with E-state index in [4.69, 9.17) is 4.74 Å². The Labute approximate surface area is 179 Å². The molecule has 0 spiro atoms. The minimum absolute atomic E-state index is 0.270. The average molecular weight is 411 g/mol. The maximum Gasteiger partial charge on any atom is 0.339 e. The van der Waals surface area contributed by atoms with Crippen molar-refractivity contribution in [3.8, 4) is 0 Å². The third kappa shape index (κ3) is 4.03. The number of benzene rings is 3. The SMILES string of the molecule is CCc1cccc2c(C(=O)[C@H](OC(=O)c3ccc(C=O)cc3)c3ccccc3)c[nH]c12. The molecular weight excluding hydrogens is 390 g/mol. The lowest BCUT2D eigenvalue weighted by Gasteiger charge is -2.17. The van der Waals surface area contributed by atoms with Crippen LogP contribution in [0.3, 0.4) is 0 Å². The van der Waals surface area contributed by atoms with Gasteiger partial charge in [-0.25, -0.2) is 4.79 Å². The Balaban J connectivity index is 1.71. The predicted octanol–water partition coefficient (Wildman–Crippen LogP) is 5.32. The summed E-state index contributed by atoms with van der Waals surface area (Å²) in [5.41, 5.74) is 3.81. The number of nitrogens with one attached hydrogen (secondary N) is 1. The van der Waals surface area contributed by atoms with Crippen molar-refractivity contribution in [1.82, 2.24) is 4.98 Å². The van der Waals surface area contributed by atoms with Gasteiger partial charge in [0.1, 0.15) is 6.29 Å². The number of esters is 1. The summed E-state index contributed by atoms with van der Waals surface area (Å²) in [6.07, 6.45) is 2.12. The fourth-order valence-corrected chi connectivity index (χ4v) is 3.63. The number of Topliss-reactive ketones (excluding diaryl/α,β-unsaturated/α-hetero) is 1. The fraction of sp³-hybridized carbons (Fsp3) is 0.115. The summed E-state index contributed by atoms with van der Waals surface area (Å²) in [4.78, 5) is 40.4. The fourth-order valence-electron chi connectivity index (χ4n) is 3.63. The molecule has 5 heteroatoms. The lowest BCUT2D eigenvalue weighted by atomic mass is 9.98. The zero-order chi connectivity index (χ0) is 21.8. The van der Waals surface area contributed by atoms with Crippen molar-refractivity contribution in [1.29, 1.82) is 0 Å².